The van der Waals surface area contributed by atoms with E-state index in [0.717, 1.165) is 31.2 Å². The topological polar surface area (TPSA) is 105 Å². The monoisotopic (exact) mass is 347 g/mol. The Bertz CT molecular complexity index is 502. The summed E-state index contributed by atoms with van der Waals surface area (Å²) in [6, 6.07) is 7.32. The Balaban J connectivity index is 0.000000423. The van der Waals surface area contributed by atoms with E-state index in [9.17, 15) is 9.36 Å². The minimum Gasteiger partial charge on any atom is -0.410 e. The predicted octanol–water partition coefficient (Wildman–Crippen LogP) is 3.39. The van der Waals surface area contributed by atoms with Gasteiger partial charge >= 0.3 is 13.9 Å². The molecule has 132 valence electrons. The van der Waals surface area contributed by atoms with Crippen molar-refractivity contribution in [2.75, 3.05) is 13.7 Å². The van der Waals surface area contributed by atoms with E-state index in [0.29, 0.717) is 5.75 Å². The van der Waals surface area contributed by atoms with Crippen molar-refractivity contribution in [2.45, 2.75) is 39.5 Å². The van der Waals surface area contributed by atoms with Gasteiger partial charge < -0.3 is 19.8 Å². The first-order chi connectivity index (χ1) is 10.8. The van der Waals surface area contributed by atoms with E-state index in [1.807, 2.05) is 19.1 Å². The van der Waals surface area contributed by atoms with Crippen LogP contribution in [0, 0.1) is 6.92 Å². The highest BCUT2D eigenvalue weighted by molar-refractivity contribution is 7.46. The second kappa shape index (κ2) is 12.1. The molecule has 1 aromatic carbocycles. The summed E-state index contributed by atoms with van der Waals surface area (Å²) >= 11 is 0. The molecule has 1 aromatic rings. The van der Waals surface area contributed by atoms with Crippen LogP contribution in [0.2, 0.25) is 0 Å². The van der Waals surface area contributed by atoms with Crippen LogP contribution in [0.4, 0.5) is 4.79 Å². The average Bonchev–Trinajstić information content (AvgIpc) is 2.46. The fourth-order valence-corrected chi connectivity index (χ4v) is 1.92. The first kappa shape index (κ1) is 21.6. The molecule has 0 bridgehead atoms. The molecule has 0 heterocycles. The number of carbonyl (C=O) groups excluding carboxylic acids is 1. The van der Waals surface area contributed by atoms with Crippen molar-refractivity contribution in [3.05, 3.63) is 29.8 Å². The highest BCUT2D eigenvalue weighted by atomic mass is 31.2. The number of benzene rings is 1. The minimum absolute atomic E-state index is 0.157. The number of rotatable bonds is 7. The van der Waals surface area contributed by atoms with Crippen molar-refractivity contribution in [1.29, 1.82) is 0 Å². The maximum Gasteiger partial charge on any atom is 0.469 e. The quantitative estimate of drug-likeness (QED) is 0.516. The maximum atomic E-state index is 10.8. The second-order valence-electron chi connectivity index (χ2n) is 4.84. The Morgan fingerprint density at radius 2 is 1.96 bits per heavy atom. The van der Waals surface area contributed by atoms with Gasteiger partial charge in [0.1, 0.15) is 5.75 Å². The normalized spacial score (nSPS) is 10.5. The highest BCUT2D eigenvalue weighted by Gasteiger charge is 2.11. The number of phosphoric ester groups is 1. The van der Waals surface area contributed by atoms with Gasteiger partial charge in [-0.25, -0.2) is 9.36 Å². The SMILES string of the molecule is CCCCCCOP(=O)(O)O.CNC(=O)Oc1cccc(C)c1. The van der Waals surface area contributed by atoms with Crippen LogP contribution in [0.25, 0.3) is 0 Å². The van der Waals surface area contributed by atoms with Crippen molar-refractivity contribution in [2.24, 2.45) is 0 Å². The molecular formula is C15H26NO6P. The molecule has 0 radical (unpaired) electrons. The number of aryl methyl sites for hydroxylation is 1. The number of nitrogens with one attached hydrogen (secondary N) is 1. The predicted molar refractivity (Wildman–Crippen MR) is 88.4 cm³/mol. The van der Waals surface area contributed by atoms with E-state index >= 15 is 0 Å². The minimum atomic E-state index is -4.21. The first-order valence-corrected chi connectivity index (χ1v) is 8.97. The number of unbranched alkanes of at least 4 members (excludes halogenated alkanes) is 3. The number of carbonyl (C=O) groups is 1. The number of amides is 1. The van der Waals surface area contributed by atoms with Crippen LogP contribution in [0.15, 0.2) is 24.3 Å². The summed E-state index contributed by atoms with van der Waals surface area (Å²) in [7, 11) is -2.69. The molecule has 0 unspecified atom stereocenters. The summed E-state index contributed by atoms with van der Waals surface area (Å²) < 4.78 is 19.3. The fourth-order valence-electron chi connectivity index (χ4n) is 1.55. The maximum absolute atomic E-state index is 10.8. The molecule has 0 saturated carbocycles. The van der Waals surface area contributed by atoms with Gasteiger partial charge in [0, 0.05) is 7.05 Å². The van der Waals surface area contributed by atoms with E-state index in [2.05, 4.69) is 16.8 Å². The summed E-state index contributed by atoms with van der Waals surface area (Å²) in [6.07, 6.45) is 3.44. The van der Waals surface area contributed by atoms with E-state index in [1.165, 1.54) is 7.05 Å². The third-order valence-electron chi connectivity index (χ3n) is 2.66. The van der Waals surface area contributed by atoms with Crippen LogP contribution in [-0.4, -0.2) is 29.5 Å². The Morgan fingerprint density at radius 3 is 2.48 bits per heavy atom. The van der Waals surface area contributed by atoms with Gasteiger partial charge in [0.25, 0.3) is 0 Å². The largest absolute Gasteiger partial charge is 0.469 e. The highest BCUT2D eigenvalue weighted by Crippen LogP contribution is 2.35. The number of phosphoric acid groups is 1. The fraction of sp³-hybridized carbons (Fsp3) is 0.533. The van der Waals surface area contributed by atoms with Crippen LogP contribution in [-0.2, 0) is 9.09 Å². The molecule has 1 amide bonds. The molecule has 0 atom stereocenters. The molecule has 7 nitrogen and oxygen atoms in total. The van der Waals surface area contributed by atoms with Gasteiger partial charge in [-0.3, -0.25) is 4.52 Å². The molecule has 23 heavy (non-hydrogen) atoms. The van der Waals surface area contributed by atoms with E-state index in [-0.39, 0.29) is 6.61 Å². The van der Waals surface area contributed by atoms with Gasteiger partial charge in [-0.1, -0.05) is 38.3 Å². The summed E-state index contributed by atoms with van der Waals surface area (Å²) in [5, 5.41) is 2.37. The zero-order valence-corrected chi connectivity index (χ0v) is 14.7. The smallest absolute Gasteiger partial charge is 0.410 e. The van der Waals surface area contributed by atoms with Crippen molar-refractivity contribution in [3.8, 4) is 5.75 Å². The molecule has 1 rings (SSSR count). The van der Waals surface area contributed by atoms with Crippen LogP contribution in [0.3, 0.4) is 0 Å². The lowest BCUT2D eigenvalue weighted by Gasteiger charge is -2.03. The summed E-state index contributed by atoms with van der Waals surface area (Å²) in [5.74, 6) is 0.564. The van der Waals surface area contributed by atoms with Gasteiger partial charge in [0.2, 0.25) is 0 Å². The third-order valence-corrected chi connectivity index (χ3v) is 3.18. The number of hydrogen-bond donors (Lipinski definition) is 3. The van der Waals surface area contributed by atoms with Gasteiger partial charge in [-0.15, -0.1) is 0 Å². The molecule has 0 aliphatic rings. The van der Waals surface area contributed by atoms with Gasteiger partial charge in [-0.05, 0) is 31.0 Å². The molecule has 0 saturated heterocycles. The molecule has 0 aliphatic heterocycles. The van der Waals surface area contributed by atoms with Crippen LogP contribution >= 0.6 is 7.82 Å². The Morgan fingerprint density at radius 1 is 1.26 bits per heavy atom. The zero-order chi connectivity index (χ0) is 17.7. The molecular weight excluding hydrogens is 321 g/mol. The molecule has 0 spiro atoms. The van der Waals surface area contributed by atoms with Crippen LogP contribution in [0.1, 0.15) is 38.2 Å². The van der Waals surface area contributed by atoms with Crippen molar-refractivity contribution < 1.29 is 28.4 Å². The van der Waals surface area contributed by atoms with E-state index in [1.54, 1.807) is 12.1 Å². The second-order valence-corrected chi connectivity index (χ2v) is 6.08. The molecule has 0 fully saturated rings. The lowest BCUT2D eigenvalue weighted by Crippen LogP contribution is -2.21. The molecule has 3 N–H and O–H groups in total. The standard InChI is InChI=1S/C9H11NO2.C6H15O4P/c1-7-4-3-5-8(6-7)12-9(11)10-2;1-2-3-4-5-6-10-11(7,8)9/h3-6H,1-2H3,(H,10,11);2-6H2,1H3,(H2,7,8,9). The van der Waals surface area contributed by atoms with Gasteiger partial charge in [-0.2, -0.15) is 0 Å². The zero-order valence-electron chi connectivity index (χ0n) is 13.8. The molecule has 0 aliphatic carbocycles. The van der Waals surface area contributed by atoms with Crippen LogP contribution < -0.4 is 10.1 Å². The summed E-state index contributed by atoms with van der Waals surface area (Å²) in [5.41, 5.74) is 1.07. The van der Waals surface area contributed by atoms with Crippen molar-refractivity contribution in [1.82, 2.24) is 5.32 Å². The Labute approximate surface area is 137 Å². The lowest BCUT2D eigenvalue weighted by molar-refractivity contribution is 0.193. The van der Waals surface area contributed by atoms with Crippen molar-refractivity contribution in [3.63, 3.8) is 0 Å². The van der Waals surface area contributed by atoms with E-state index in [4.69, 9.17) is 14.5 Å². The molecule has 0 aromatic heterocycles. The van der Waals surface area contributed by atoms with E-state index < -0.39 is 13.9 Å². The number of hydrogen-bond acceptors (Lipinski definition) is 4. The Kier molecular flexibility index (Phi) is 11.3. The lowest BCUT2D eigenvalue weighted by atomic mass is 10.2. The summed E-state index contributed by atoms with van der Waals surface area (Å²) in [6.45, 7) is 4.17. The van der Waals surface area contributed by atoms with Crippen molar-refractivity contribution >= 4 is 13.9 Å². The number of ether oxygens (including phenoxy) is 1. The average molecular weight is 347 g/mol. The van der Waals surface area contributed by atoms with Gasteiger partial charge in [0.05, 0.1) is 6.61 Å². The summed E-state index contributed by atoms with van der Waals surface area (Å²) in [4.78, 5) is 27.3. The molecule has 8 heteroatoms. The van der Waals surface area contributed by atoms with Gasteiger partial charge in [0.15, 0.2) is 0 Å². The third kappa shape index (κ3) is 14.0. The Hall–Kier alpha value is -1.40. The van der Waals surface area contributed by atoms with Crippen LogP contribution in [0.5, 0.6) is 5.75 Å². The first-order valence-electron chi connectivity index (χ1n) is 7.44.